The predicted molar refractivity (Wildman–Crippen MR) is 188 cm³/mol. The first-order valence-corrected chi connectivity index (χ1v) is 18.0. The number of nitrogens with zero attached hydrogens (tertiary/aromatic N) is 2. The van der Waals surface area contributed by atoms with E-state index in [4.69, 9.17) is 5.73 Å². The number of phenols is 1. The topological polar surface area (TPSA) is 365 Å². The molecular weight excluding hydrogens is 746 g/mol. The number of amides is 6. The number of nitrogens with one attached hydrogen (secondary N) is 4. The van der Waals surface area contributed by atoms with E-state index in [1.54, 1.807) is 0 Å². The van der Waals surface area contributed by atoms with Crippen molar-refractivity contribution in [2.45, 2.75) is 119 Å². The molecule has 3 heterocycles. The van der Waals surface area contributed by atoms with Gasteiger partial charge in [-0.2, -0.15) is 0 Å². The van der Waals surface area contributed by atoms with Crippen LogP contribution < -0.4 is 27.0 Å². The first kappa shape index (κ1) is 44.2. The standard InChI is InChI=1S/C34H51N7O15/c1-12-10-41-24(25(12)47)32(54)39-30(52)20(46)9-18(35)28(50)36-21(13(2)42)33(55)40-11-17(45)8-19(40)29(51)38-23(31(53)37-22(14(3)43)34(41)56)27(49)26(48)15-4-6-16(44)7-5-15/h4-7,12-14,17-27,30,42-49,52H,8-11,35H2,1-3H3,(H,36,50)(H,37,53)(H,38,51)(H,39,54)/t12-,13+,14+,17+,18-,19-,20+,21?,22-,23?,24-,25-,26-,27-,30+/m0/s1. The lowest BCUT2D eigenvalue weighted by Crippen LogP contribution is -2.64. The molecule has 1 aromatic carbocycles. The van der Waals surface area contributed by atoms with E-state index in [2.05, 4.69) is 16.0 Å². The molecular formula is C34H51N7O15. The summed E-state index contributed by atoms with van der Waals surface area (Å²) in [7, 11) is 0. The Kier molecular flexibility index (Phi) is 14.3. The zero-order chi connectivity index (χ0) is 41.9. The van der Waals surface area contributed by atoms with Crippen molar-refractivity contribution in [2.24, 2.45) is 11.7 Å². The molecule has 6 amide bonds. The van der Waals surface area contributed by atoms with Crippen LogP contribution in [0.5, 0.6) is 5.75 Å². The Hall–Kier alpha value is -4.52. The van der Waals surface area contributed by atoms with Crippen molar-refractivity contribution in [3.8, 4) is 5.75 Å². The molecule has 0 spiro atoms. The van der Waals surface area contributed by atoms with Crippen molar-refractivity contribution < 1.29 is 74.7 Å². The number of carbonyl (C=O) groups is 6. The summed E-state index contributed by atoms with van der Waals surface area (Å²) in [5, 5.41) is 105. The number of fused-ring (bicyclic) bond motifs is 2. The second kappa shape index (κ2) is 18.2. The fraction of sp³-hybridized carbons (Fsp3) is 0.647. The van der Waals surface area contributed by atoms with Crippen LogP contribution in [0.1, 0.15) is 45.3 Å². The zero-order valence-corrected chi connectivity index (χ0v) is 30.7. The molecule has 0 aromatic heterocycles. The number of aliphatic hydroxyl groups is 8. The number of hydrogen-bond donors (Lipinski definition) is 14. The molecule has 1 aromatic rings. The van der Waals surface area contributed by atoms with Crippen molar-refractivity contribution in [3.05, 3.63) is 29.8 Å². The maximum Gasteiger partial charge on any atom is 0.248 e. The minimum Gasteiger partial charge on any atom is -0.508 e. The molecule has 4 rings (SSSR count). The van der Waals surface area contributed by atoms with Crippen LogP contribution in [-0.2, 0) is 28.8 Å². The van der Waals surface area contributed by atoms with Crippen LogP contribution in [0.15, 0.2) is 24.3 Å². The Morgan fingerprint density at radius 1 is 0.696 bits per heavy atom. The van der Waals surface area contributed by atoms with Gasteiger partial charge < -0.3 is 82.8 Å². The van der Waals surface area contributed by atoms with Gasteiger partial charge in [0.1, 0.15) is 54.3 Å². The second-order valence-electron chi connectivity index (χ2n) is 14.6. The Morgan fingerprint density at radius 2 is 1.23 bits per heavy atom. The van der Waals surface area contributed by atoms with Gasteiger partial charge in [0.05, 0.1) is 30.5 Å². The van der Waals surface area contributed by atoms with Crippen molar-refractivity contribution in [3.63, 3.8) is 0 Å². The summed E-state index contributed by atoms with van der Waals surface area (Å²) in [6.45, 7) is 2.85. The van der Waals surface area contributed by atoms with Crippen LogP contribution in [0.2, 0.25) is 0 Å². The van der Waals surface area contributed by atoms with Gasteiger partial charge >= 0.3 is 0 Å². The lowest BCUT2D eigenvalue weighted by molar-refractivity contribution is -0.148. The summed E-state index contributed by atoms with van der Waals surface area (Å²) in [5.41, 5.74) is 5.88. The van der Waals surface area contributed by atoms with E-state index in [1.807, 2.05) is 5.32 Å². The van der Waals surface area contributed by atoms with Gasteiger partial charge in [0, 0.05) is 31.8 Å². The second-order valence-corrected chi connectivity index (χ2v) is 14.6. The molecule has 0 radical (unpaired) electrons. The zero-order valence-electron chi connectivity index (χ0n) is 30.7. The number of hydrogen-bond acceptors (Lipinski definition) is 16. The maximum absolute atomic E-state index is 14.0. The molecule has 3 aliphatic heterocycles. The third-order valence-electron chi connectivity index (χ3n) is 10.2. The molecule has 3 saturated heterocycles. The Balaban J connectivity index is 1.80. The van der Waals surface area contributed by atoms with E-state index >= 15 is 0 Å². The molecule has 3 fully saturated rings. The third kappa shape index (κ3) is 9.70. The molecule has 56 heavy (non-hydrogen) atoms. The van der Waals surface area contributed by atoms with Crippen LogP contribution in [0.4, 0.5) is 0 Å². The largest absolute Gasteiger partial charge is 0.508 e. The van der Waals surface area contributed by atoms with Gasteiger partial charge in [-0.3, -0.25) is 28.8 Å². The first-order chi connectivity index (χ1) is 26.1. The number of rotatable bonds is 5. The fourth-order valence-corrected chi connectivity index (χ4v) is 6.92. The number of benzene rings is 1. The SMILES string of the molecule is C[C@@H](O)C1NC(=O)[C@@H](N)C[C@@H](O)[C@@H](O)NC(=O)[C@@H]2[C@@H](O)[C@@H](C)CN2C(=O)[C@H]([C@@H](C)O)NC(=O)C([C@H](O)[C@@H](O)c2ccc(O)cc2)NC(=O)[C@@H]2C[C@@H](O)CN2C1=O. The van der Waals surface area contributed by atoms with Crippen LogP contribution >= 0.6 is 0 Å². The molecule has 312 valence electrons. The van der Waals surface area contributed by atoms with Crippen LogP contribution in [0, 0.1) is 5.92 Å². The van der Waals surface area contributed by atoms with Crippen molar-refractivity contribution in [1.29, 1.82) is 0 Å². The molecule has 0 bridgehead atoms. The van der Waals surface area contributed by atoms with Gasteiger partial charge in [-0.15, -0.1) is 0 Å². The van der Waals surface area contributed by atoms with E-state index < -0.39 is 146 Å². The summed E-state index contributed by atoms with van der Waals surface area (Å²) in [6, 6.07) is -6.28. The highest BCUT2D eigenvalue weighted by Crippen LogP contribution is 2.27. The van der Waals surface area contributed by atoms with Crippen molar-refractivity contribution in [1.82, 2.24) is 31.1 Å². The van der Waals surface area contributed by atoms with Gasteiger partial charge in [-0.05, 0) is 31.5 Å². The molecule has 22 heteroatoms. The normalized spacial score (nSPS) is 35.2. The Bertz CT molecular complexity index is 1620. The summed E-state index contributed by atoms with van der Waals surface area (Å²) < 4.78 is 0. The van der Waals surface area contributed by atoms with E-state index in [0.29, 0.717) is 0 Å². The average Bonchev–Trinajstić information content (AvgIpc) is 3.68. The van der Waals surface area contributed by atoms with E-state index in [9.17, 15) is 74.7 Å². The van der Waals surface area contributed by atoms with Crippen molar-refractivity contribution in [2.75, 3.05) is 13.1 Å². The van der Waals surface area contributed by atoms with Crippen molar-refractivity contribution >= 4 is 35.4 Å². The maximum atomic E-state index is 14.0. The fourth-order valence-electron chi connectivity index (χ4n) is 6.92. The van der Waals surface area contributed by atoms with Gasteiger partial charge in [-0.25, -0.2) is 0 Å². The number of aromatic hydroxyl groups is 1. The summed E-state index contributed by atoms with van der Waals surface area (Å²) in [5.74, 6) is -8.12. The van der Waals surface area contributed by atoms with E-state index in [-0.39, 0.29) is 17.9 Å². The Morgan fingerprint density at radius 3 is 1.80 bits per heavy atom. The molecule has 0 saturated carbocycles. The van der Waals surface area contributed by atoms with Gasteiger partial charge in [-0.1, -0.05) is 19.1 Å². The molecule has 15 N–H and O–H groups in total. The minimum atomic E-state index is -2.24. The smallest absolute Gasteiger partial charge is 0.248 e. The van der Waals surface area contributed by atoms with E-state index in [1.165, 1.54) is 19.1 Å². The summed E-state index contributed by atoms with van der Waals surface area (Å²) in [6.07, 6.45) is -15.8. The number of nitrogens with two attached hydrogens (primary N) is 1. The molecule has 0 aliphatic carbocycles. The molecule has 3 aliphatic rings. The number of phenolic OH excluding ortho intramolecular Hbond substituents is 1. The average molecular weight is 798 g/mol. The van der Waals surface area contributed by atoms with Gasteiger partial charge in [0.2, 0.25) is 35.4 Å². The minimum absolute atomic E-state index is 0.0501. The van der Waals surface area contributed by atoms with Crippen LogP contribution in [0.25, 0.3) is 0 Å². The van der Waals surface area contributed by atoms with Gasteiger partial charge in [0.25, 0.3) is 0 Å². The summed E-state index contributed by atoms with van der Waals surface area (Å²) in [4.78, 5) is 83.9. The Labute approximate surface area is 320 Å². The lowest BCUT2D eigenvalue weighted by Gasteiger charge is -2.34. The van der Waals surface area contributed by atoms with E-state index in [0.717, 1.165) is 35.8 Å². The lowest BCUT2D eigenvalue weighted by atomic mass is 9.96. The third-order valence-corrected chi connectivity index (χ3v) is 10.2. The summed E-state index contributed by atoms with van der Waals surface area (Å²) >= 11 is 0. The predicted octanol–water partition coefficient (Wildman–Crippen LogP) is -7.30. The first-order valence-electron chi connectivity index (χ1n) is 18.0. The highest BCUT2D eigenvalue weighted by atomic mass is 16.3. The monoisotopic (exact) mass is 797 g/mol. The molecule has 22 nitrogen and oxygen atoms in total. The highest BCUT2D eigenvalue weighted by molar-refractivity contribution is 5.98. The quantitative estimate of drug-likeness (QED) is 0.132. The highest BCUT2D eigenvalue weighted by Gasteiger charge is 2.50. The van der Waals surface area contributed by atoms with Crippen LogP contribution in [0.3, 0.4) is 0 Å². The molecule has 2 unspecified atom stereocenters. The van der Waals surface area contributed by atoms with Crippen LogP contribution in [-0.4, -0.2) is 183 Å². The van der Waals surface area contributed by atoms with Gasteiger partial charge in [0.15, 0.2) is 6.23 Å². The number of carbonyl (C=O) groups excluding carboxylic acids is 6. The number of aliphatic hydroxyl groups excluding tert-OH is 8. The molecule has 15 atom stereocenters.